The topological polar surface area (TPSA) is 67.2 Å². The summed E-state index contributed by atoms with van der Waals surface area (Å²) in [6, 6.07) is 12.5. The van der Waals surface area contributed by atoms with Crippen molar-refractivity contribution in [2.45, 2.75) is 46.1 Å². The normalized spacial score (nSPS) is 20.7. The van der Waals surface area contributed by atoms with Crippen LogP contribution in [0.1, 0.15) is 36.7 Å². The third kappa shape index (κ3) is 3.58. The molecule has 1 saturated heterocycles. The highest BCUT2D eigenvalue weighted by Gasteiger charge is 2.36. The van der Waals surface area contributed by atoms with Gasteiger partial charge in [0.15, 0.2) is 5.82 Å². The van der Waals surface area contributed by atoms with Gasteiger partial charge in [0.25, 0.3) is 0 Å². The number of para-hydroxylation sites is 1. The minimum absolute atomic E-state index is 0.0329. The summed E-state index contributed by atoms with van der Waals surface area (Å²) in [5.74, 6) is 1.81. The van der Waals surface area contributed by atoms with Gasteiger partial charge in [-0.1, -0.05) is 18.2 Å². The molecule has 2 unspecified atom stereocenters. The van der Waals surface area contributed by atoms with E-state index in [4.69, 9.17) is 0 Å². The fraction of sp³-hybridized carbons (Fsp3) is 0.417. The first-order valence-electron chi connectivity index (χ1n) is 11.0. The lowest BCUT2D eigenvalue weighted by Gasteiger charge is -2.36. The van der Waals surface area contributed by atoms with E-state index in [1.165, 1.54) is 5.56 Å². The van der Waals surface area contributed by atoms with Crippen molar-refractivity contribution in [3.63, 3.8) is 0 Å². The van der Waals surface area contributed by atoms with E-state index in [0.717, 1.165) is 54.5 Å². The summed E-state index contributed by atoms with van der Waals surface area (Å²) in [5, 5.41) is 4.54. The number of fused-ring (bicyclic) bond motifs is 1. The zero-order valence-electron chi connectivity index (χ0n) is 18.3. The number of anilines is 2. The lowest BCUT2D eigenvalue weighted by molar-refractivity contribution is -0.122. The maximum absolute atomic E-state index is 13.5. The van der Waals surface area contributed by atoms with Crippen LogP contribution in [0.2, 0.25) is 0 Å². The Bertz CT molecular complexity index is 1120. The number of nitrogens with zero attached hydrogens (tertiary/aromatic N) is 6. The van der Waals surface area contributed by atoms with E-state index < -0.39 is 0 Å². The van der Waals surface area contributed by atoms with Crippen molar-refractivity contribution in [3.05, 3.63) is 59.7 Å². The number of hydrogen-bond donors (Lipinski definition) is 0. The molecule has 0 N–H and O–H groups in total. The fourth-order valence-corrected chi connectivity index (χ4v) is 4.97. The van der Waals surface area contributed by atoms with Gasteiger partial charge in [-0.2, -0.15) is 5.10 Å². The molecule has 1 fully saturated rings. The number of rotatable bonds is 3. The summed E-state index contributed by atoms with van der Waals surface area (Å²) in [6.45, 7) is 7.71. The molecule has 7 heteroatoms. The number of piperidine rings is 1. The van der Waals surface area contributed by atoms with Crippen LogP contribution in [-0.2, 0) is 11.2 Å². The predicted molar refractivity (Wildman–Crippen MR) is 121 cm³/mol. The van der Waals surface area contributed by atoms with E-state index >= 15 is 0 Å². The molecule has 0 spiro atoms. The van der Waals surface area contributed by atoms with Crippen LogP contribution in [-0.4, -0.2) is 44.8 Å². The van der Waals surface area contributed by atoms with E-state index in [1.807, 2.05) is 41.6 Å². The highest BCUT2D eigenvalue weighted by molar-refractivity contribution is 5.98. The van der Waals surface area contributed by atoms with Gasteiger partial charge in [0.05, 0.1) is 11.6 Å². The first kappa shape index (κ1) is 19.7. The number of carbonyl (C=O) groups is 1. The molecule has 2 aliphatic heterocycles. The van der Waals surface area contributed by atoms with Crippen molar-refractivity contribution in [1.82, 2.24) is 19.7 Å². The maximum atomic E-state index is 13.5. The van der Waals surface area contributed by atoms with Crippen LogP contribution in [0, 0.1) is 19.8 Å². The SMILES string of the molecule is Cc1cc(C)n(-c2cc(N3CCCC(C(=O)N4c5ccccc5CC4C)C3)ncn2)n1. The monoisotopic (exact) mass is 416 g/mol. The molecule has 7 nitrogen and oxygen atoms in total. The summed E-state index contributed by atoms with van der Waals surface area (Å²) in [6.07, 6.45) is 4.40. The average Bonchev–Trinajstić information content (AvgIpc) is 3.30. The predicted octanol–water partition coefficient (Wildman–Crippen LogP) is 3.47. The van der Waals surface area contributed by atoms with Gasteiger partial charge in [-0.25, -0.2) is 14.6 Å². The molecule has 3 aromatic rings. The van der Waals surface area contributed by atoms with Crippen molar-refractivity contribution in [1.29, 1.82) is 0 Å². The van der Waals surface area contributed by atoms with Gasteiger partial charge in [0, 0.05) is 36.6 Å². The minimum atomic E-state index is -0.0329. The standard InChI is InChI=1S/C24H28N6O/c1-16-11-18(3)30(27-16)23-13-22(25-15-26-23)28-10-6-8-20(14-28)24(31)29-17(2)12-19-7-4-5-9-21(19)29/h4-5,7,9,11,13,15,17,20H,6,8,10,12,14H2,1-3H3. The fourth-order valence-electron chi connectivity index (χ4n) is 4.97. The Morgan fingerprint density at radius 3 is 2.71 bits per heavy atom. The number of hydrogen-bond acceptors (Lipinski definition) is 5. The quantitative estimate of drug-likeness (QED) is 0.654. The van der Waals surface area contributed by atoms with Gasteiger partial charge < -0.3 is 9.80 Å². The van der Waals surface area contributed by atoms with Crippen LogP contribution in [0.4, 0.5) is 11.5 Å². The summed E-state index contributed by atoms with van der Waals surface area (Å²) in [5.41, 5.74) is 4.34. The van der Waals surface area contributed by atoms with E-state index in [0.29, 0.717) is 6.54 Å². The summed E-state index contributed by atoms with van der Waals surface area (Å²) in [4.78, 5) is 26.7. The molecular formula is C24H28N6O. The van der Waals surface area contributed by atoms with Crippen molar-refractivity contribution in [3.8, 4) is 5.82 Å². The minimum Gasteiger partial charge on any atom is -0.356 e. The maximum Gasteiger partial charge on any atom is 0.232 e. The molecule has 2 aromatic heterocycles. The number of amides is 1. The van der Waals surface area contributed by atoms with Gasteiger partial charge in [0.2, 0.25) is 5.91 Å². The molecule has 0 aliphatic carbocycles. The second kappa shape index (κ2) is 7.80. The highest BCUT2D eigenvalue weighted by Crippen LogP contribution is 2.34. The molecule has 0 bridgehead atoms. The Hall–Kier alpha value is -3.22. The Morgan fingerprint density at radius 1 is 1.10 bits per heavy atom. The molecule has 31 heavy (non-hydrogen) atoms. The largest absolute Gasteiger partial charge is 0.356 e. The zero-order chi connectivity index (χ0) is 21.5. The molecule has 0 saturated carbocycles. The van der Waals surface area contributed by atoms with Gasteiger partial charge >= 0.3 is 0 Å². The molecule has 2 aliphatic rings. The molecule has 1 amide bonds. The molecule has 2 atom stereocenters. The van der Waals surface area contributed by atoms with E-state index in [1.54, 1.807) is 6.33 Å². The molecule has 160 valence electrons. The highest BCUT2D eigenvalue weighted by atomic mass is 16.2. The van der Waals surface area contributed by atoms with Gasteiger partial charge in [-0.15, -0.1) is 0 Å². The second-order valence-corrected chi connectivity index (χ2v) is 8.75. The van der Waals surface area contributed by atoms with E-state index in [-0.39, 0.29) is 17.9 Å². The summed E-state index contributed by atoms with van der Waals surface area (Å²) in [7, 11) is 0. The third-order valence-electron chi connectivity index (χ3n) is 6.40. The summed E-state index contributed by atoms with van der Waals surface area (Å²) < 4.78 is 1.84. The van der Waals surface area contributed by atoms with Gasteiger partial charge in [0.1, 0.15) is 12.1 Å². The van der Waals surface area contributed by atoms with Crippen LogP contribution in [0.25, 0.3) is 5.82 Å². The van der Waals surface area contributed by atoms with Crippen molar-refractivity contribution < 1.29 is 4.79 Å². The first-order chi connectivity index (χ1) is 15.0. The molecule has 4 heterocycles. The van der Waals surface area contributed by atoms with Crippen molar-refractivity contribution in [2.24, 2.45) is 5.92 Å². The van der Waals surface area contributed by atoms with Crippen molar-refractivity contribution >= 4 is 17.4 Å². The number of aromatic nitrogens is 4. The Kier molecular flexibility index (Phi) is 4.96. The third-order valence-corrected chi connectivity index (χ3v) is 6.40. The van der Waals surface area contributed by atoms with Crippen LogP contribution in [0.15, 0.2) is 42.7 Å². The number of carbonyl (C=O) groups excluding carboxylic acids is 1. The second-order valence-electron chi connectivity index (χ2n) is 8.75. The Labute approximate surface area is 182 Å². The van der Waals surface area contributed by atoms with Crippen LogP contribution < -0.4 is 9.80 Å². The molecular weight excluding hydrogens is 388 g/mol. The van der Waals surface area contributed by atoms with Crippen LogP contribution in [0.5, 0.6) is 0 Å². The Morgan fingerprint density at radius 2 is 1.90 bits per heavy atom. The van der Waals surface area contributed by atoms with Gasteiger partial charge in [-0.3, -0.25) is 4.79 Å². The zero-order valence-corrected chi connectivity index (χ0v) is 18.3. The average molecular weight is 417 g/mol. The van der Waals surface area contributed by atoms with Crippen molar-refractivity contribution in [2.75, 3.05) is 22.9 Å². The van der Waals surface area contributed by atoms with E-state index in [2.05, 4.69) is 45.1 Å². The molecule has 1 aromatic carbocycles. The first-order valence-corrected chi connectivity index (χ1v) is 11.0. The van der Waals surface area contributed by atoms with Crippen LogP contribution in [0.3, 0.4) is 0 Å². The van der Waals surface area contributed by atoms with Crippen LogP contribution >= 0.6 is 0 Å². The molecule has 0 radical (unpaired) electrons. The number of aryl methyl sites for hydroxylation is 2. The van der Waals surface area contributed by atoms with Gasteiger partial charge in [-0.05, 0) is 57.7 Å². The lowest BCUT2D eigenvalue weighted by Crippen LogP contribution is -2.47. The summed E-state index contributed by atoms with van der Waals surface area (Å²) >= 11 is 0. The molecule has 5 rings (SSSR count). The van der Waals surface area contributed by atoms with E-state index in [9.17, 15) is 4.79 Å². The smallest absolute Gasteiger partial charge is 0.232 e. The lowest BCUT2D eigenvalue weighted by atomic mass is 9.96. The Balaban J connectivity index is 1.37. The number of benzene rings is 1.